The van der Waals surface area contributed by atoms with Crippen molar-refractivity contribution < 1.29 is 0 Å². The van der Waals surface area contributed by atoms with E-state index in [4.69, 9.17) is 4.98 Å². The second kappa shape index (κ2) is 5.86. The van der Waals surface area contributed by atoms with Crippen molar-refractivity contribution in [2.75, 3.05) is 24.5 Å². The molecule has 1 aromatic rings. The van der Waals surface area contributed by atoms with E-state index in [-0.39, 0.29) is 5.54 Å². The predicted octanol–water partition coefficient (Wildman–Crippen LogP) is 2.70. The molecule has 2 unspecified atom stereocenters. The first-order chi connectivity index (χ1) is 9.92. The van der Waals surface area contributed by atoms with Crippen LogP contribution in [0.1, 0.15) is 45.4 Å². The summed E-state index contributed by atoms with van der Waals surface area (Å²) >= 11 is 1.85. The van der Waals surface area contributed by atoms with Gasteiger partial charge in [-0.1, -0.05) is 0 Å². The number of piperazine rings is 1. The van der Waals surface area contributed by atoms with Gasteiger partial charge >= 0.3 is 0 Å². The van der Waals surface area contributed by atoms with Crippen molar-refractivity contribution >= 4 is 16.5 Å². The molecular formula is C16H28N4S. The maximum absolute atomic E-state index is 4.69. The molecule has 5 heteroatoms. The Hall–Kier alpha value is -0.650. The van der Waals surface area contributed by atoms with Gasteiger partial charge in [0.25, 0.3) is 0 Å². The van der Waals surface area contributed by atoms with Crippen LogP contribution in [0, 0.1) is 0 Å². The summed E-state index contributed by atoms with van der Waals surface area (Å²) in [7, 11) is 0. The van der Waals surface area contributed by atoms with Gasteiger partial charge in [0, 0.05) is 48.3 Å². The standard InChI is InChI=1S/C16H28N4S/c1-12-10-19-7-5-6-13(19)11-20(12)15-17-8-14(21-15)9-18-16(2,3)4/h8,12-13,18H,5-7,9-11H2,1-4H3. The monoisotopic (exact) mass is 308 g/mol. The second-order valence-corrected chi connectivity index (χ2v) is 8.60. The van der Waals surface area contributed by atoms with E-state index in [1.54, 1.807) is 0 Å². The molecule has 0 spiro atoms. The van der Waals surface area contributed by atoms with Crippen molar-refractivity contribution in [3.63, 3.8) is 0 Å². The van der Waals surface area contributed by atoms with Gasteiger partial charge < -0.3 is 10.2 Å². The molecule has 3 heterocycles. The van der Waals surface area contributed by atoms with Gasteiger partial charge in [-0.05, 0) is 47.1 Å². The number of fused-ring (bicyclic) bond motifs is 1. The zero-order valence-corrected chi connectivity index (χ0v) is 14.5. The number of nitrogens with one attached hydrogen (secondary N) is 1. The first kappa shape index (κ1) is 15.3. The predicted molar refractivity (Wildman–Crippen MR) is 90.1 cm³/mol. The third kappa shape index (κ3) is 3.58. The van der Waals surface area contributed by atoms with E-state index in [0.717, 1.165) is 19.1 Å². The Bertz CT molecular complexity index is 479. The molecule has 0 saturated carbocycles. The van der Waals surface area contributed by atoms with Crippen molar-refractivity contribution in [3.8, 4) is 0 Å². The van der Waals surface area contributed by atoms with Crippen molar-refractivity contribution in [2.45, 2.75) is 64.7 Å². The highest BCUT2D eigenvalue weighted by Gasteiger charge is 2.35. The summed E-state index contributed by atoms with van der Waals surface area (Å²) in [5.41, 5.74) is 0.160. The van der Waals surface area contributed by atoms with Crippen LogP contribution >= 0.6 is 11.3 Å². The smallest absolute Gasteiger partial charge is 0.185 e. The fourth-order valence-electron chi connectivity index (χ4n) is 3.32. The van der Waals surface area contributed by atoms with Crippen LogP contribution in [-0.4, -0.2) is 47.1 Å². The lowest BCUT2D eigenvalue weighted by atomic mass is 10.1. The van der Waals surface area contributed by atoms with E-state index < -0.39 is 0 Å². The van der Waals surface area contributed by atoms with Crippen LogP contribution in [0.5, 0.6) is 0 Å². The average Bonchev–Trinajstić information content (AvgIpc) is 3.02. The molecule has 2 aliphatic heterocycles. The summed E-state index contributed by atoms with van der Waals surface area (Å²) in [6.45, 7) is 13.5. The van der Waals surface area contributed by atoms with E-state index in [9.17, 15) is 0 Å². The summed E-state index contributed by atoms with van der Waals surface area (Å²) in [6.07, 6.45) is 4.77. The fourth-order valence-corrected chi connectivity index (χ4v) is 4.28. The Balaban J connectivity index is 1.65. The topological polar surface area (TPSA) is 31.4 Å². The quantitative estimate of drug-likeness (QED) is 0.930. The molecule has 21 heavy (non-hydrogen) atoms. The molecule has 2 saturated heterocycles. The molecule has 3 rings (SSSR count). The number of thiazole rings is 1. The molecule has 1 N–H and O–H groups in total. The van der Waals surface area contributed by atoms with Gasteiger partial charge in [-0.2, -0.15) is 0 Å². The lowest BCUT2D eigenvalue weighted by Crippen LogP contribution is -2.55. The molecule has 2 fully saturated rings. The van der Waals surface area contributed by atoms with E-state index >= 15 is 0 Å². The molecular weight excluding hydrogens is 280 g/mol. The number of hydrogen-bond acceptors (Lipinski definition) is 5. The number of hydrogen-bond donors (Lipinski definition) is 1. The second-order valence-electron chi connectivity index (χ2n) is 7.51. The summed E-state index contributed by atoms with van der Waals surface area (Å²) in [4.78, 5) is 11.2. The number of rotatable bonds is 3. The van der Waals surface area contributed by atoms with Crippen LogP contribution in [0.3, 0.4) is 0 Å². The minimum atomic E-state index is 0.160. The van der Waals surface area contributed by atoms with Crippen LogP contribution in [0.4, 0.5) is 5.13 Å². The fraction of sp³-hybridized carbons (Fsp3) is 0.812. The van der Waals surface area contributed by atoms with Gasteiger partial charge in [-0.3, -0.25) is 4.90 Å². The zero-order chi connectivity index (χ0) is 15.0. The Morgan fingerprint density at radius 1 is 1.38 bits per heavy atom. The zero-order valence-electron chi connectivity index (χ0n) is 13.7. The maximum atomic E-state index is 4.69. The summed E-state index contributed by atoms with van der Waals surface area (Å²) in [5, 5.41) is 4.75. The van der Waals surface area contributed by atoms with Gasteiger partial charge in [0.05, 0.1) is 0 Å². The first-order valence-corrected chi connectivity index (χ1v) is 8.94. The van der Waals surface area contributed by atoms with Crippen molar-refractivity contribution in [2.24, 2.45) is 0 Å². The highest BCUT2D eigenvalue weighted by atomic mass is 32.1. The first-order valence-electron chi connectivity index (χ1n) is 8.13. The normalized spacial score (nSPS) is 27.1. The molecule has 4 nitrogen and oxygen atoms in total. The van der Waals surface area contributed by atoms with E-state index in [0.29, 0.717) is 6.04 Å². The summed E-state index contributed by atoms with van der Waals surface area (Å²) in [5.74, 6) is 0. The molecule has 118 valence electrons. The van der Waals surface area contributed by atoms with E-state index in [2.05, 4.69) is 42.8 Å². The Kier molecular flexibility index (Phi) is 4.26. The summed E-state index contributed by atoms with van der Waals surface area (Å²) < 4.78 is 0. The average molecular weight is 308 g/mol. The molecule has 0 amide bonds. The van der Waals surface area contributed by atoms with Crippen LogP contribution < -0.4 is 10.2 Å². The van der Waals surface area contributed by atoms with E-state index in [1.165, 1.54) is 35.9 Å². The van der Waals surface area contributed by atoms with Crippen LogP contribution in [0.2, 0.25) is 0 Å². The lowest BCUT2D eigenvalue weighted by Gasteiger charge is -2.42. The number of aromatic nitrogens is 1. The maximum Gasteiger partial charge on any atom is 0.185 e. The molecule has 1 aromatic heterocycles. The Morgan fingerprint density at radius 3 is 2.95 bits per heavy atom. The van der Waals surface area contributed by atoms with Gasteiger partial charge in [-0.25, -0.2) is 4.98 Å². The van der Waals surface area contributed by atoms with Crippen molar-refractivity contribution in [3.05, 3.63) is 11.1 Å². The van der Waals surface area contributed by atoms with Gasteiger partial charge in [0.2, 0.25) is 0 Å². The van der Waals surface area contributed by atoms with Crippen LogP contribution in [0.15, 0.2) is 6.20 Å². The Morgan fingerprint density at radius 2 is 2.19 bits per heavy atom. The van der Waals surface area contributed by atoms with Crippen molar-refractivity contribution in [1.82, 2.24) is 15.2 Å². The molecule has 2 atom stereocenters. The minimum Gasteiger partial charge on any atom is -0.343 e. The minimum absolute atomic E-state index is 0.160. The highest BCUT2D eigenvalue weighted by Crippen LogP contribution is 2.31. The molecule has 0 radical (unpaired) electrons. The number of nitrogens with zero attached hydrogens (tertiary/aromatic N) is 3. The number of anilines is 1. The SMILES string of the molecule is CC1CN2CCCC2CN1c1ncc(CNC(C)(C)C)s1. The molecule has 0 bridgehead atoms. The molecule has 0 aliphatic carbocycles. The van der Waals surface area contributed by atoms with Gasteiger partial charge in [-0.15, -0.1) is 11.3 Å². The van der Waals surface area contributed by atoms with Gasteiger partial charge in [0.15, 0.2) is 5.13 Å². The van der Waals surface area contributed by atoms with Crippen LogP contribution in [-0.2, 0) is 6.54 Å². The third-order valence-corrected chi connectivity index (χ3v) is 5.55. The summed E-state index contributed by atoms with van der Waals surface area (Å²) in [6, 6.07) is 1.33. The largest absolute Gasteiger partial charge is 0.343 e. The third-order valence-electron chi connectivity index (χ3n) is 4.52. The lowest BCUT2D eigenvalue weighted by molar-refractivity contribution is 0.203. The van der Waals surface area contributed by atoms with E-state index in [1.807, 2.05) is 17.5 Å². The highest BCUT2D eigenvalue weighted by molar-refractivity contribution is 7.15. The molecule has 2 aliphatic rings. The Labute approximate surface area is 132 Å². The van der Waals surface area contributed by atoms with Crippen molar-refractivity contribution in [1.29, 1.82) is 0 Å². The molecule has 0 aromatic carbocycles. The van der Waals surface area contributed by atoms with Gasteiger partial charge in [0.1, 0.15) is 0 Å². The van der Waals surface area contributed by atoms with Crippen LogP contribution in [0.25, 0.3) is 0 Å².